The Kier molecular flexibility index (Phi) is 5.72. The van der Waals surface area contributed by atoms with Gasteiger partial charge in [-0.15, -0.1) is 0 Å². The highest BCUT2D eigenvalue weighted by atomic mass is 79.9. The van der Waals surface area contributed by atoms with Gasteiger partial charge in [0.1, 0.15) is 5.82 Å². The smallest absolute Gasteiger partial charge is 0.336 e. The minimum Gasteiger partial charge on any atom is -0.478 e. The number of amides is 1. The molecule has 1 saturated heterocycles. The quantitative estimate of drug-likeness (QED) is 0.551. The largest absolute Gasteiger partial charge is 0.478 e. The third-order valence-electron chi connectivity index (χ3n) is 5.50. The highest BCUT2D eigenvalue weighted by Crippen LogP contribution is 2.28. The zero-order valence-corrected chi connectivity index (χ0v) is 18.1. The molecule has 0 unspecified atom stereocenters. The standard InChI is InChI=1S/C23H22BrN3O3/c1-14-8-10-27(11-9-14)21-13-19(23(29)30)18-12-17(6-7-20(18)26-21)25-22(28)15-2-4-16(24)5-3-15/h2-7,12-14H,8-11H2,1H3,(H,25,28)(H,29,30). The van der Waals surface area contributed by atoms with Crippen molar-refractivity contribution in [1.82, 2.24) is 4.98 Å². The second-order valence-corrected chi connectivity index (χ2v) is 8.61. The molecule has 2 N–H and O–H groups in total. The van der Waals surface area contributed by atoms with E-state index in [0.717, 1.165) is 30.4 Å². The van der Waals surface area contributed by atoms with Crippen LogP contribution in [0.5, 0.6) is 0 Å². The first kappa shape index (κ1) is 20.3. The Hall–Kier alpha value is -2.93. The summed E-state index contributed by atoms with van der Waals surface area (Å²) < 4.78 is 0.890. The van der Waals surface area contributed by atoms with E-state index in [0.29, 0.717) is 33.9 Å². The zero-order valence-electron chi connectivity index (χ0n) is 16.6. The summed E-state index contributed by atoms with van der Waals surface area (Å²) in [7, 11) is 0. The first-order valence-electron chi connectivity index (χ1n) is 9.90. The van der Waals surface area contributed by atoms with Crippen LogP contribution in [0.1, 0.15) is 40.5 Å². The van der Waals surface area contributed by atoms with Crippen LogP contribution < -0.4 is 10.2 Å². The van der Waals surface area contributed by atoms with Crippen LogP contribution in [0.3, 0.4) is 0 Å². The van der Waals surface area contributed by atoms with Gasteiger partial charge in [0.2, 0.25) is 0 Å². The van der Waals surface area contributed by atoms with Gasteiger partial charge >= 0.3 is 5.97 Å². The zero-order chi connectivity index (χ0) is 21.3. The summed E-state index contributed by atoms with van der Waals surface area (Å²) in [5.74, 6) is 0.104. The van der Waals surface area contributed by atoms with Crippen LogP contribution in [-0.2, 0) is 0 Å². The van der Waals surface area contributed by atoms with E-state index < -0.39 is 5.97 Å². The number of piperidine rings is 1. The Balaban J connectivity index is 1.65. The lowest BCUT2D eigenvalue weighted by Crippen LogP contribution is -2.33. The summed E-state index contributed by atoms with van der Waals surface area (Å²) in [4.78, 5) is 31.3. The second-order valence-electron chi connectivity index (χ2n) is 7.70. The first-order chi connectivity index (χ1) is 14.4. The number of carbonyl (C=O) groups excluding carboxylic acids is 1. The number of rotatable bonds is 4. The molecule has 1 aliphatic rings. The maximum absolute atomic E-state index is 12.5. The average molecular weight is 468 g/mol. The van der Waals surface area contributed by atoms with E-state index in [2.05, 4.69) is 33.1 Å². The number of hydrogen-bond donors (Lipinski definition) is 2. The summed E-state index contributed by atoms with van der Waals surface area (Å²) in [6.07, 6.45) is 2.15. The molecule has 1 aliphatic heterocycles. The summed E-state index contributed by atoms with van der Waals surface area (Å²) in [6, 6.07) is 13.8. The van der Waals surface area contributed by atoms with Crippen molar-refractivity contribution in [3.05, 3.63) is 64.1 Å². The molecule has 6 nitrogen and oxygen atoms in total. The number of halogens is 1. The third-order valence-corrected chi connectivity index (χ3v) is 6.03. The number of hydrogen-bond acceptors (Lipinski definition) is 4. The molecule has 0 aliphatic carbocycles. The minimum atomic E-state index is -1.01. The highest BCUT2D eigenvalue weighted by molar-refractivity contribution is 9.10. The Morgan fingerprint density at radius 3 is 2.47 bits per heavy atom. The number of nitrogens with zero attached hydrogens (tertiary/aromatic N) is 2. The van der Waals surface area contributed by atoms with E-state index >= 15 is 0 Å². The van der Waals surface area contributed by atoms with Crippen molar-refractivity contribution in [2.45, 2.75) is 19.8 Å². The van der Waals surface area contributed by atoms with Crippen molar-refractivity contribution in [2.24, 2.45) is 5.92 Å². The van der Waals surface area contributed by atoms with E-state index in [1.165, 1.54) is 0 Å². The molecule has 1 fully saturated rings. The Morgan fingerprint density at radius 2 is 1.80 bits per heavy atom. The van der Waals surface area contributed by atoms with Gasteiger partial charge < -0.3 is 15.3 Å². The number of anilines is 2. The molecule has 2 heterocycles. The maximum atomic E-state index is 12.5. The molecule has 30 heavy (non-hydrogen) atoms. The molecule has 3 aromatic rings. The van der Waals surface area contributed by atoms with Gasteiger partial charge in [-0.2, -0.15) is 0 Å². The summed E-state index contributed by atoms with van der Waals surface area (Å²) in [5, 5.41) is 13.1. The number of pyridine rings is 1. The molecule has 4 rings (SSSR count). The molecular formula is C23H22BrN3O3. The highest BCUT2D eigenvalue weighted by Gasteiger charge is 2.20. The lowest BCUT2D eigenvalue weighted by Gasteiger charge is -2.31. The predicted molar refractivity (Wildman–Crippen MR) is 121 cm³/mol. The van der Waals surface area contributed by atoms with Crippen molar-refractivity contribution >= 4 is 50.2 Å². The maximum Gasteiger partial charge on any atom is 0.336 e. The van der Waals surface area contributed by atoms with Gasteiger partial charge in [-0.1, -0.05) is 22.9 Å². The van der Waals surface area contributed by atoms with Crippen LogP contribution in [0.25, 0.3) is 10.9 Å². The van der Waals surface area contributed by atoms with Gasteiger partial charge in [0, 0.05) is 34.2 Å². The fraction of sp³-hybridized carbons (Fsp3) is 0.261. The average Bonchev–Trinajstić information content (AvgIpc) is 2.74. The van der Waals surface area contributed by atoms with Crippen molar-refractivity contribution in [1.29, 1.82) is 0 Å². The first-order valence-corrected chi connectivity index (χ1v) is 10.7. The molecule has 0 saturated carbocycles. The predicted octanol–water partition coefficient (Wildman–Crippen LogP) is 5.18. The van der Waals surface area contributed by atoms with Crippen LogP contribution in [0.4, 0.5) is 11.5 Å². The van der Waals surface area contributed by atoms with Crippen LogP contribution in [0.15, 0.2) is 53.0 Å². The minimum absolute atomic E-state index is 0.188. The third kappa shape index (κ3) is 4.31. The normalized spacial score (nSPS) is 14.7. The number of benzene rings is 2. The molecular weight excluding hydrogens is 446 g/mol. The van der Waals surface area contributed by atoms with Crippen LogP contribution in [0, 0.1) is 5.92 Å². The number of nitrogens with one attached hydrogen (secondary N) is 1. The number of aromatic carboxylic acids is 1. The molecule has 1 aromatic heterocycles. The molecule has 2 aromatic carbocycles. The van der Waals surface area contributed by atoms with E-state index in [1.807, 2.05) is 0 Å². The second kappa shape index (κ2) is 8.44. The SMILES string of the molecule is CC1CCN(c2cc(C(=O)O)c3cc(NC(=O)c4ccc(Br)cc4)ccc3n2)CC1. The Bertz CT molecular complexity index is 1110. The van der Waals surface area contributed by atoms with Crippen LogP contribution in [0.2, 0.25) is 0 Å². The van der Waals surface area contributed by atoms with E-state index in [-0.39, 0.29) is 11.5 Å². The topological polar surface area (TPSA) is 82.5 Å². The molecule has 0 spiro atoms. The Morgan fingerprint density at radius 1 is 1.10 bits per heavy atom. The number of carbonyl (C=O) groups is 2. The van der Waals surface area contributed by atoms with Gasteiger partial charge in [-0.3, -0.25) is 4.79 Å². The summed E-state index contributed by atoms with van der Waals surface area (Å²) in [6.45, 7) is 3.98. The van der Waals surface area contributed by atoms with E-state index in [9.17, 15) is 14.7 Å². The van der Waals surface area contributed by atoms with Crippen LogP contribution in [-0.4, -0.2) is 35.1 Å². The van der Waals surface area contributed by atoms with Gasteiger partial charge in [-0.25, -0.2) is 9.78 Å². The number of carboxylic acids is 1. The summed E-state index contributed by atoms with van der Waals surface area (Å²) in [5.41, 5.74) is 1.84. The number of aromatic nitrogens is 1. The van der Waals surface area contributed by atoms with Gasteiger partial charge in [0.05, 0.1) is 11.1 Å². The Labute approximate surface area is 183 Å². The summed E-state index contributed by atoms with van der Waals surface area (Å²) >= 11 is 3.35. The lowest BCUT2D eigenvalue weighted by molar-refractivity contribution is 0.0698. The monoisotopic (exact) mass is 467 g/mol. The van der Waals surface area contributed by atoms with E-state index in [1.54, 1.807) is 48.5 Å². The molecule has 0 atom stereocenters. The van der Waals surface area contributed by atoms with Gasteiger partial charge in [0.15, 0.2) is 0 Å². The lowest BCUT2D eigenvalue weighted by atomic mass is 9.99. The van der Waals surface area contributed by atoms with Crippen molar-refractivity contribution in [3.63, 3.8) is 0 Å². The van der Waals surface area contributed by atoms with Gasteiger partial charge in [-0.05, 0) is 67.3 Å². The molecule has 1 amide bonds. The fourth-order valence-corrected chi connectivity index (χ4v) is 3.94. The number of carboxylic acid groups (broad SMARTS) is 1. The molecule has 0 bridgehead atoms. The van der Waals surface area contributed by atoms with Gasteiger partial charge in [0.25, 0.3) is 5.91 Å². The molecule has 0 radical (unpaired) electrons. The van der Waals surface area contributed by atoms with E-state index in [4.69, 9.17) is 4.98 Å². The fourth-order valence-electron chi connectivity index (χ4n) is 3.67. The molecule has 154 valence electrons. The van der Waals surface area contributed by atoms with Crippen molar-refractivity contribution in [2.75, 3.05) is 23.3 Å². The molecule has 7 heteroatoms. The van der Waals surface area contributed by atoms with Crippen LogP contribution >= 0.6 is 15.9 Å². The van der Waals surface area contributed by atoms with Crippen molar-refractivity contribution in [3.8, 4) is 0 Å². The number of fused-ring (bicyclic) bond motifs is 1. The van der Waals surface area contributed by atoms with Crippen molar-refractivity contribution < 1.29 is 14.7 Å².